The van der Waals surface area contributed by atoms with Gasteiger partial charge in [0, 0.05) is 28.1 Å². The Hall–Kier alpha value is -3.39. The van der Waals surface area contributed by atoms with Crippen LogP contribution in [0, 0.1) is 0 Å². The minimum Gasteiger partial charge on any atom is -0.458 e. The lowest BCUT2D eigenvalue weighted by Gasteiger charge is -2.31. The molecule has 0 saturated carbocycles. The van der Waals surface area contributed by atoms with Crippen LogP contribution >= 0.6 is 0 Å². The lowest BCUT2D eigenvalue weighted by Crippen LogP contribution is -2.44. The Bertz CT molecular complexity index is 1470. The summed E-state index contributed by atoms with van der Waals surface area (Å²) in [6, 6.07) is 3.66. The first-order valence-corrected chi connectivity index (χ1v) is 11.7. The predicted molar refractivity (Wildman–Crippen MR) is 124 cm³/mol. The molecule has 8 heteroatoms. The third kappa shape index (κ3) is 2.54. The molecule has 8 nitrogen and oxygen atoms in total. The molecule has 0 radical (unpaired) electrons. The first-order chi connectivity index (χ1) is 16.3. The molecular formula is C26H26N2O6. The van der Waals surface area contributed by atoms with Crippen molar-refractivity contribution in [3.05, 3.63) is 50.3 Å². The topological polar surface area (TPSA) is 99.9 Å². The fourth-order valence-corrected chi connectivity index (χ4v) is 5.68. The molecule has 1 aromatic carbocycles. The van der Waals surface area contributed by atoms with Gasteiger partial charge in [-0.15, -0.1) is 0 Å². The zero-order valence-corrected chi connectivity index (χ0v) is 19.7. The van der Waals surface area contributed by atoms with Crippen LogP contribution in [-0.4, -0.2) is 27.4 Å². The van der Waals surface area contributed by atoms with Crippen molar-refractivity contribution in [2.45, 2.75) is 65.2 Å². The molecule has 0 amide bonds. The number of aliphatic hydroxyl groups is 1. The number of rotatable bonds is 3. The van der Waals surface area contributed by atoms with E-state index < -0.39 is 11.6 Å². The molecule has 0 unspecified atom stereocenters. The molecule has 3 aromatic rings. The van der Waals surface area contributed by atoms with Crippen LogP contribution in [0.4, 0.5) is 0 Å². The molecule has 0 bridgehead atoms. The molecule has 1 atom stereocenters. The van der Waals surface area contributed by atoms with Gasteiger partial charge < -0.3 is 23.9 Å². The first kappa shape index (κ1) is 21.2. The molecule has 1 N–H and O–H groups in total. The first-order valence-electron chi connectivity index (χ1n) is 11.7. The van der Waals surface area contributed by atoms with Crippen molar-refractivity contribution < 1.29 is 24.1 Å². The van der Waals surface area contributed by atoms with Crippen LogP contribution in [0.15, 0.2) is 16.9 Å². The van der Waals surface area contributed by atoms with Gasteiger partial charge in [0.05, 0.1) is 29.0 Å². The number of nitrogens with zero attached hydrogens (tertiary/aromatic N) is 2. The number of ether oxygens (including phenoxy) is 3. The highest BCUT2D eigenvalue weighted by atomic mass is 16.7. The largest absolute Gasteiger partial charge is 0.458 e. The number of pyridine rings is 2. The summed E-state index contributed by atoms with van der Waals surface area (Å²) in [6.45, 7) is 8.48. The smallest absolute Gasteiger partial charge is 0.343 e. The van der Waals surface area contributed by atoms with Crippen LogP contribution in [0.1, 0.15) is 67.9 Å². The normalized spacial score (nSPS) is 19.9. The maximum absolute atomic E-state index is 13.5. The molecule has 176 valence electrons. The minimum atomic E-state index is -1.84. The number of carbonyl (C=O) groups excluding carboxylic acids is 1. The van der Waals surface area contributed by atoms with E-state index in [0.29, 0.717) is 34.8 Å². The summed E-state index contributed by atoms with van der Waals surface area (Å²) in [5.41, 5.74) is 3.84. The quantitative estimate of drug-likeness (QED) is 0.465. The Morgan fingerprint density at radius 3 is 2.65 bits per heavy atom. The SMILES string of the molecule is CCc1c2c(nc3cc4c(c(C(C)C)c13)OCO4)-c1cc3c(c(=O)n1C2)COC(=O)[C@]3(O)CC. The zero-order valence-electron chi connectivity index (χ0n) is 19.7. The van der Waals surface area contributed by atoms with Crippen molar-refractivity contribution in [3.63, 3.8) is 0 Å². The van der Waals surface area contributed by atoms with Gasteiger partial charge in [-0.2, -0.15) is 0 Å². The highest BCUT2D eigenvalue weighted by Gasteiger charge is 2.45. The average Bonchev–Trinajstić information content (AvgIpc) is 3.43. The molecule has 5 heterocycles. The second-order valence-corrected chi connectivity index (χ2v) is 9.45. The van der Waals surface area contributed by atoms with Gasteiger partial charge in [0.1, 0.15) is 6.61 Å². The maximum Gasteiger partial charge on any atom is 0.343 e. The van der Waals surface area contributed by atoms with Crippen LogP contribution < -0.4 is 15.0 Å². The van der Waals surface area contributed by atoms with E-state index in [1.807, 2.05) is 6.07 Å². The monoisotopic (exact) mass is 462 g/mol. The number of esters is 1. The van der Waals surface area contributed by atoms with Gasteiger partial charge in [0.25, 0.3) is 5.56 Å². The maximum atomic E-state index is 13.5. The Morgan fingerprint density at radius 2 is 1.94 bits per heavy atom. The van der Waals surface area contributed by atoms with Crippen LogP contribution in [-0.2, 0) is 34.7 Å². The summed E-state index contributed by atoms with van der Waals surface area (Å²) in [7, 11) is 0. The van der Waals surface area contributed by atoms with Crippen LogP contribution in [0.2, 0.25) is 0 Å². The molecule has 3 aliphatic rings. The number of hydrogen-bond donors (Lipinski definition) is 1. The number of fused-ring (bicyclic) bond motifs is 6. The second kappa shape index (κ2) is 7.06. The van der Waals surface area contributed by atoms with E-state index in [9.17, 15) is 14.7 Å². The second-order valence-electron chi connectivity index (χ2n) is 9.45. The van der Waals surface area contributed by atoms with E-state index in [2.05, 4.69) is 20.8 Å². The fraction of sp³-hybridized carbons (Fsp3) is 0.423. The van der Waals surface area contributed by atoms with Gasteiger partial charge in [-0.3, -0.25) is 4.79 Å². The molecule has 0 saturated heterocycles. The van der Waals surface area contributed by atoms with Gasteiger partial charge in [0.2, 0.25) is 6.79 Å². The average molecular weight is 463 g/mol. The standard InChI is InChI=1S/C26H26N2O6/c1-5-13-14-9-28-18(7-16-15(24(28)29)10-32-25(30)26(16,31)6-2)22(14)27-17-8-19-23(34-11-33-19)20(12(3)4)21(13)17/h7-8,12,31H,5-6,9-11H2,1-4H3/t26-/m0/s1. The Labute approximate surface area is 196 Å². The van der Waals surface area contributed by atoms with Crippen LogP contribution in [0.25, 0.3) is 22.3 Å². The van der Waals surface area contributed by atoms with Crippen LogP contribution in [0.3, 0.4) is 0 Å². The van der Waals surface area contributed by atoms with Crippen molar-refractivity contribution in [1.82, 2.24) is 9.55 Å². The van der Waals surface area contributed by atoms with Gasteiger partial charge in [0.15, 0.2) is 17.1 Å². The summed E-state index contributed by atoms with van der Waals surface area (Å²) in [5, 5.41) is 12.2. The van der Waals surface area contributed by atoms with Crippen molar-refractivity contribution in [3.8, 4) is 22.9 Å². The van der Waals surface area contributed by atoms with E-state index in [-0.39, 0.29) is 31.3 Å². The number of hydrogen-bond acceptors (Lipinski definition) is 7. The number of cyclic esters (lactones) is 1. The zero-order chi connectivity index (χ0) is 23.9. The Morgan fingerprint density at radius 1 is 1.15 bits per heavy atom. The van der Waals surface area contributed by atoms with E-state index in [1.54, 1.807) is 17.6 Å². The van der Waals surface area contributed by atoms with E-state index in [1.165, 1.54) is 0 Å². The van der Waals surface area contributed by atoms with Gasteiger partial charge in [-0.25, -0.2) is 9.78 Å². The highest BCUT2D eigenvalue weighted by Crippen LogP contribution is 2.48. The summed E-state index contributed by atoms with van der Waals surface area (Å²) >= 11 is 0. The summed E-state index contributed by atoms with van der Waals surface area (Å²) < 4.78 is 18.4. The van der Waals surface area contributed by atoms with Crippen molar-refractivity contribution in [2.24, 2.45) is 0 Å². The van der Waals surface area contributed by atoms with Crippen molar-refractivity contribution >= 4 is 16.9 Å². The van der Waals surface area contributed by atoms with E-state index in [0.717, 1.165) is 39.8 Å². The Kier molecular flexibility index (Phi) is 4.39. The van der Waals surface area contributed by atoms with Gasteiger partial charge in [-0.1, -0.05) is 27.7 Å². The lowest BCUT2D eigenvalue weighted by molar-refractivity contribution is -0.172. The number of carbonyl (C=O) groups is 1. The Balaban J connectivity index is 1.68. The molecule has 3 aliphatic heterocycles. The van der Waals surface area contributed by atoms with E-state index in [4.69, 9.17) is 19.2 Å². The molecule has 0 spiro atoms. The van der Waals surface area contributed by atoms with Gasteiger partial charge >= 0.3 is 5.97 Å². The summed E-state index contributed by atoms with van der Waals surface area (Å²) in [5.74, 6) is 0.909. The number of benzene rings is 1. The number of aromatic nitrogens is 2. The van der Waals surface area contributed by atoms with Crippen molar-refractivity contribution in [1.29, 1.82) is 0 Å². The third-order valence-electron chi connectivity index (χ3n) is 7.40. The summed E-state index contributed by atoms with van der Waals surface area (Å²) in [6.07, 6.45) is 0.866. The lowest BCUT2D eigenvalue weighted by atomic mass is 9.86. The highest BCUT2D eigenvalue weighted by molar-refractivity contribution is 5.94. The summed E-state index contributed by atoms with van der Waals surface area (Å²) in [4.78, 5) is 31.0. The van der Waals surface area contributed by atoms with Crippen molar-refractivity contribution in [2.75, 3.05) is 6.79 Å². The fourth-order valence-electron chi connectivity index (χ4n) is 5.68. The molecule has 2 aromatic heterocycles. The molecule has 6 rings (SSSR count). The third-order valence-corrected chi connectivity index (χ3v) is 7.40. The molecule has 34 heavy (non-hydrogen) atoms. The molecular weight excluding hydrogens is 436 g/mol. The van der Waals surface area contributed by atoms with Gasteiger partial charge in [-0.05, 0) is 30.4 Å². The minimum absolute atomic E-state index is 0.112. The molecule has 0 aliphatic carbocycles. The predicted octanol–water partition coefficient (Wildman–Crippen LogP) is 3.49. The van der Waals surface area contributed by atoms with Crippen LogP contribution in [0.5, 0.6) is 11.5 Å². The number of aryl methyl sites for hydroxylation is 1. The van der Waals surface area contributed by atoms with E-state index >= 15 is 0 Å². The molecule has 0 fully saturated rings.